The first-order chi connectivity index (χ1) is 16.3. The van der Waals surface area contributed by atoms with E-state index in [0.717, 1.165) is 43.5 Å². The largest absolute Gasteiger partial charge is 0.370 e. The number of rotatable bonds is 8. The number of amides is 2. The highest BCUT2D eigenvalue weighted by Gasteiger charge is 2.04. The fraction of sp³-hybridized carbons (Fsp3) is 0.280. The van der Waals surface area contributed by atoms with Crippen molar-refractivity contribution in [2.75, 3.05) is 5.32 Å². The number of benzene rings is 1. The Morgan fingerprint density at radius 3 is 2.44 bits per heavy atom. The summed E-state index contributed by atoms with van der Waals surface area (Å²) in [5.41, 5.74) is 20.6. The molecule has 0 aliphatic heterocycles. The molecule has 0 saturated carbocycles. The van der Waals surface area contributed by atoms with Crippen LogP contribution in [0.5, 0.6) is 0 Å². The fourth-order valence-electron chi connectivity index (χ4n) is 3.13. The number of aryl methyl sites for hydroxylation is 2. The number of primary amides is 1. The van der Waals surface area contributed by atoms with E-state index in [1.54, 1.807) is 12.2 Å². The maximum absolute atomic E-state index is 10.9. The molecule has 0 fully saturated rings. The second-order valence-corrected chi connectivity index (χ2v) is 8.55. The summed E-state index contributed by atoms with van der Waals surface area (Å²) >= 11 is 1.43. The molecule has 0 atom stereocenters. The lowest BCUT2D eigenvalue weighted by Crippen LogP contribution is -2.21. The SMILES string of the molecule is CC(=O)Nc1nc(CCc2ccc(N=C(N)N)cc2)cs1.CCCC1=CC=C(C(N)=O)C=CC1. The molecule has 2 amide bonds. The molecule has 1 aliphatic rings. The van der Waals surface area contributed by atoms with Gasteiger partial charge in [-0.05, 0) is 49.5 Å². The van der Waals surface area contributed by atoms with Crippen LogP contribution in [0.4, 0.5) is 10.8 Å². The van der Waals surface area contributed by atoms with E-state index in [1.807, 2.05) is 41.8 Å². The van der Waals surface area contributed by atoms with Gasteiger partial charge in [0.05, 0.1) is 11.4 Å². The predicted octanol–water partition coefficient (Wildman–Crippen LogP) is 3.88. The minimum absolute atomic E-state index is 0.0516. The van der Waals surface area contributed by atoms with Crippen molar-refractivity contribution in [1.29, 1.82) is 0 Å². The van der Waals surface area contributed by atoms with E-state index < -0.39 is 0 Å². The average molecular weight is 481 g/mol. The molecule has 0 saturated heterocycles. The van der Waals surface area contributed by atoms with Crippen LogP contribution in [0.3, 0.4) is 0 Å². The molecule has 9 heteroatoms. The first-order valence-corrected chi connectivity index (χ1v) is 11.9. The number of hydrogen-bond donors (Lipinski definition) is 4. The topological polar surface area (TPSA) is 149 Å². The summed E-state index contributed by atoms with van der Waals surface area (Å²) in [5.74, 6) is -0.410. The highest BCUT2D eigenvalue weighted by atomic mass is 32.1. The van der Waals surface area contributed by atoms with E-state index in [1.165, 1.54) is 29.4 Å². The van der Waals surface area contributed by atoms with Gasteiger partial charge < -0.3 is 22.5 Å². The van der Waals surface area contributed by atoms with Crippen LogP contribution in [0.1, 0.15) is 44.4 Å². The van der Waals surface area contributed by atoms with Gasteiger partial charge in [-0.1, -0.05) is 49.3 Å². The first kappa shape index (κ1) is 26.5. The van der Waals surface area contributed by atoms with Crippen LogP contribution in [-0.4, -0.2) is 22.8 Å². The van der Waals surface area contributed by atoms with Crippen molar-refractivity contribution in [3.8, 4) is 0 Å². The van der Waals surface area contributed by atoms with Gasteiger partial charge in [0.15, 0.2) is 11.1 Å². The lowest BCUT2D eigenvalue weighted by molar-refractivity contribution is -0.115. The van der Waals surface area contributed by atoms with Crippen molar-refractivity contribution in [3.05, 3.63) is 76.4 Å². The molecule has 0 bridgehead atoms. The third kappa shape index (κ3) is 9.83. The number of carbonyl (C=O) groups excluding carboxylic acids is 2. The molecule has 180 valence electrons. The van der Waals surface area contributed by atoms with E-state index in [0.29, 0.717) is 10.7 Å². The fourth-order valence-corrected chi connectivity index (χ4v) is 3.92. The van der Waals surface area contributed by atoms with E-state index in [-0.39, 0.29) is 17.8 Å². The van der Waals surface area contributed by atoms with Crippen molar-refractivity contribution in [2.24, 2.45) is 22.2 Å². The van der Waals surface area contributed by atoms with Gasteiger partial charge in [0.25, 0.3) is 0 Å². The van der Waals surface area contributed by atoms with Gasteiger partial charge in [-0.2, -0.15) is 0 Å². The smallest absolute Gasteiger partial charge is 0.248 e. The number of nitrogens with two attached hydrogens (primary N) is 3. The monoisotopic (exact) mass is 480 g/mol. The van der Waals surface area contributed by atoms with Gasteiger partial charge in [0, 0.05) is 17.9 Å². The molecule has 34 heavy (non-hydrogen) atoms. The Bertz CT molecular complexity index is 1090. The Morgan fingerprint density at radius 1 is 1.09 bits per heavy atom. The summed E-state index contributed by atoms with van der Waals surface area (Å²) in [7, 11) is 0. The Kier molecular flexibility index (Phi) is 10.7. The van der Waals surface area contributed by atoms with Crippen molar-refractivity contribution < 1.29 is 9.59 Å². The second kappa shape index (κ2) is 13.7. The number of nitrogens with zero attached hydrogens (tertiary/aromatic N) is 2. The molecular weight excluding hydrogens is 448 g/mol. The number of aromatic nitrogens is 1. The van der Waals surface area contributed by atoms with E-state index in [2.05, 4.69) is 22.2 Å². The number of guanidine groups is 1. The van der Waals surface area contributed by atoms with Crippen molar-refractivity contribution >= 4 is 39.9 Å². The number of carbonyl (C=O) groups is 2. The van der Waals surface area contributed by atoms with Crippen molar-refractivity contribution in [1.82, 2.24) is 4.98 Å². The highest BCUT2D eigenvalue weighted by Crippen LogP contribution is 2.18. The van der Waals surface area contributed by atoms with Crippen LogP contribution in [0.15, 0.2) is 70.1 Å². The Hall–Kier alpha value is -3.72. The van der Waals surface area contributed by atoms with Gasteiger partial charge >= 0.3 is 0 Å². The molecule has 0 unspecified atom stereocenters. The Labute approximate surface area is 204 Å². The zero-order valence-electron chi connectivity index (χ0n) is 19.6. The summed E-state index contributed by atoms with van der Waals surface area (Å²) in [5, 5.41) is 5.28. The van der Waals surface area contributed by atoms with Crippen LogP contribution in [0.2, 0.25) is 0 Å². The molecule has 7 N–H and O–H groups in total. The maximum Gasteiger partial charge on any atom is 0.248 e. The second-order valence-electron chi connectivity index (χ2n) is 7.70. The normalized spacial score (nSPS) is 12.4. The van der Waals surface area contributed by atoms with Gasteiger partial charge in [0.1, 0.15) is 0 Å². The quantitative estimate of drug-likeness (QED) is 0.334. The van der Waals surface area contributed by atoms with Crippen LogP contribution >= 0.6 is 11.3 Å². The highest BCUT2D eigenvalue weighted by molar-refractivity contribution is 7.13. The molecule has 1 aromatic carbocycles. The standard InChI is InChI=1S/C14H17N5OS.C11H15NO/c1-9(20)17-14-19-12(8-21-14)7-4-10-2-5-11(6-3-10)18-13(15)16;1-2-4-9-5-3-6-10(8-7-9)11(12)13/h2-3,5-6,8H,4,7H2,1H3,(H4,15,16,18)(H,17,19,20);3,6-8H,2,4-5H2,1H3,(H2,12,13). The minimum Gasteiger partial charge on any atom is -0.370 e. The molecule has 8 nitrogen and oxygen atoms in total. The number of nitrogens with one attached hydrogen (secondary N) is 1. The van der Waals surface area contributed by atoms with Crippen LogP contribution < -0.4 is 22.5 Å². The van der Waals surface area contributed by atoms with Crippen LogP contribution in [0.25, 0.3) is 0 Å². The third-order valence-corrected chi connectivity index (χ3v) is 5.54. The minimum atomic E-state index is -0.356. The van der Waals surface area contributed by atoms with E-state index in [4.69, 9.17) is 17.2 Å². The van der Waals surface area contributed by atoms with Gasteiger partial charge in [-0.15, -0.1) is 11.3 Å². The summed E-state index contributed by atoms with van der Waals surface area (Å²) in [6, 6.07) is 7.73. The summed E-state index contributed by atoms with van der Waals surface area (Å²) in [6.45, 7) is 3.62. The summed E-state index contributed by atoms with van der Waals surface area (Å²) in [4.78, 5) is 30.1. The van der Waals surface area contributed by atoms with Crippen LogP contribution in [0, 0.1) is 0 Å². The van der Waals surface area contributed by atoms with E-state index >= 15 is 0 Å². The number of anilines is 1. The number of hydrogen-bond acceptors (Lipinski definition) is 5. The van der Waals surface area contributed by atoms with Gasteiger partial charge in [0.2, 0.25) is 11.8 Å². The van der Waals surface area contributed by atoms with Gasteiger partial charge in [-0.3, -0.25) is 9.59 Å². The predicted molar refractivity (Wildman–Crippen MR) is 140 cm³/mol. The molecule has 1 heterocycles. The van der Waals surface area contributed by atoms with Gasteiger partial charge in [-0.25, -0.2) is 9.98 Å². The van der Waals surface area contributed by atoms with Crippen molar-refractivity contribution in [3.63, 3.8) is 0 Å². The molecular formula is C25H32N6O2S. The van der Waals surface area contributed by atoms with Crippen LogP contribution in [-0.2, 0) is 22.4 Å². The maximum atomic E-state index is 10.9. The summed E-state index contributed by atoms with van der Waals surface area (Å²) < 4.78 is 0. The first-order valence-electron chi connectivity index (χ1n) is 11.0. The molecule has 0 spiro atoms. The Morgan fingerprint density at radius 2 is 1.82 bits per heavy atom. The molecule has 1 aromatic heterocycles. The zero-order chi connectivity index (χ0) is 24.9. The third-order valence-electron chi connectivity index (χ3n) is 4.73. The number of allylic oxidation sites excluding steroid dienone is 4. The van der Waals surface area contributed by atoms with Crippen molar-refractivity contribution in [2.45, 2.75) is 46.0 Å². The molecule has 3 rings (SSSR count). The molecule has 1 aliphatic carbocycles. The lowest BCUT2D eigenvalue weighted by atomic mass is 10.1. The average Bonchev–Trinajstić information content (AvgIpc) is 3.07. The van der Waals surface area contributed by atoms with E-state index in [9.17, 15) is 9.59 Å². The summed E-state index contributed by atoms with van der Waals surface area (Å²) in [6.07, 6.45) is 12.4. The molecule has 2 aromatic rings. The molecule has 0 radical (unpaired) electrons. The number of aliphatic imine (C=N–C) groups is 1. The Balaban J connectivity index is 0.000000270. The number of thiazole rings is 1. The zero-order valence-corrected chi connectivity index (χ0v) is 20.4. The lowest BCUT2D eigenvalue weighted by Gasteiger charge is -2.01.